The molecule has 1 atom stereocenters. The fourth-order valence-corrected chi connectivity index (χ4v) is 11.0. The van der Waals surface area contributed by atoms with E-state index < -0.39 is 6.10 Å². The highest BCUT2D eigenvalue weighted by Crippen LogP contribution is 2.19. The second kappa shape index (κ2) is 69.9. The number of rotatable bonds is 67. The number of esters is 3. The van der Waals surface area contributed by atoms with Crippen molar-refractivity contribution in [3.8, 4) is 0 Å². The normalized spacial score (nSPS) is 12.3. The van der Waals surface area contributed by atoms with Crippen molar-refractivity contribution in [3.05, 3.63) is 48.6 Å². The van der Waals surface area contributed by atoms with E-state index in [0.717, 1.165) is 83.5 Å². The molecule has 6 heteroatoms. The molecule has 0 heterocycles. The summed E-state index contributed by atoms with van der Waals surface area (Å²) in [5.41, 5.74) is 0. The predicted molar refractivity (Wildman–Crippen MR) is 353 cm³/mol. The molecule has 0 aromatic rings. The molecule has 0 saturated heterocycles. The van der Waals surface area contributed by atoms with Crippen LogP contribution in [0.1, 0.15) is 393 Å². The maximum absolute atomic E-state index is 12.9. The molecule has 0 N–H and O–H groups in total. The molecule has 0 aromatic carbocycles. The van der Waals surface area contributed by atoms with E-state index in [4.69, 9.17) is 14.2 Å². The number of carbonyl (C=O) groups is 3. The quantitative estimate of drug-likeness (QED) is 0.0261. The van der Waals surface area contributed by atoms with Crippen molar-refractivity contribution >= 4 is 17.9 Å². The Morgan fingerprint density at radius 1 is 0.259 bits per heavy atom. The van der Waals surface area contributed by atoms with Crippen molar-refractivity contribution < 1.29 is 28.6 Å². The summed E-state index contributed by atoms with van der Waals surface area (Å²) >= 11 is 0. The van der Waals surface area contributed by atoms with Crippen LogP contribution in [-0.2, 0) is 28.6 Å². The molecule has 0 aliphatic rings. The second-order valence-corrected chi connectivity index (χ2v) is 24.5. The summed E-state index contributed by atoms with van der Waals surface area (Å²) in [5, 5.41) is 0. The second-order valence-electron chi connectivity index (χ2n) is 24.5. The number of hydrogen-bond acceptors (Lipinski definition) is 6. The topological polar surface area (TPSA) is 78.9 Å². The van der Waals surface area contributed by atoms with Crippen molar-refractivity contribution in [2.75, 3.05) is 13.2 Å². The van der Waals surface area contributed by atoms with Gasteiger partial charge in [0, 0.05) is 19.3 Å². The Kier molecular flexibility index (Phi) is 67.6. The lowest BCUT2D eigenvalue weighted by Gasteiger charge is -2.18. The van der Waals surface area contributed by atoms with Gasteiger partial charge in [-0.25, -0.2) is 0 Å². The molecule has 0 rings (SSSR count). The molecule has 81 heavy (non-hydrogen) atoms. The largest absolute Gasteiger partial charge is 0.462 e. The van der Waals surface area contributed by atoms with Crippen molar-refractivity contribution in [1.82, 2.24) is 0 Å². The molecule has 1 unspecified atom stereocenters. The first-order valence-corrected chi connectivity index (χ1v) is 36.1. The third-order valence-corrected chi connectivity index (χ3v) is 16.3. The Hall–Kier alpha value is -2.63. The van der Waals surface area contributed by atoms with Crippen molar-refractivity contribution in [2.24, 2.45) is 0 Å². The fourth-order valence-electron chi connectivity index (χ4n) is 11.0. The van der Waals surface area contributed by atoms with Gasteiger partial charge in [0.05, 0.1) is 0 Å². The van der Waals surface area contributed by atoms with E-state index in [1.165, 1.54) is 270 Å². The molecule has 474 valence electrons. The smallest absolute Gasteiger partial charge is 0.306 e. The Morgan fingerprint density at radius 3 is 0.753 bits per heavy atom. The highest BCUT2D eigenvalue weighted by atomic mass is 16.6. The van der Waals surface area contributed by atoms with Crippen LogP contribution < -0.4 is 0 Å². The molecular formula is C75H138O6. The SMILES string of the molecule is CC/C=C\C/C=C\C/C=C\C/C=C\CCCCCCCCCCCCCCCCCCCCCCC(=O)OCC(COC(=O)CCCCCCCCC)OC(=O)CCCCCCCCCCCCCCCCCCCCCCCCC. The summed E-state index contributed by atoms with van der Waals surface area (Å²) < 4.78 is 16.9. The molecule has 0 bridgehead atoms. The summed E-state index contributed by atoms with van der Waals surface area (Å²) in [6.07, 6.45) is 89.0. The van der Waals surface area contributed by atoms with E-state index in [1.807, 2.05) is 0 Å². The molecule has 6 nitrogen and oxygen atoms in total. The van der Waals surface area contributed by atoms with Crippen LogP contribution in [0, 0.1) is 0 Å². The van der Waals surface area contributed by atoms with E-state index in [9.17, 15) is 14.4 Å². The molecule has 0 aliphatic carbocycles. The average molecular weight is 1140 g/mol. The van der Waals surface area contributed by atoms with Gasteiger partial charge in [0.2, 0.25) is 0 Å². The molecule has 0 aromatic heterocycles. The van der Waals surface area contributed by atoms with E-state index in [2.05, 4.69) is 69.4 Å². The number of hydrogen-bond donors (Lipinski definition) is 0. The molecule has 0 aliphatic heterocycles. The summed E-state index contributed by atoms with van der Waals surface area (Å²) in [7, 11) is 0. The van der Waals surface area contributed by atoms with E-state index in [0.29, 0.717) is 19.3 Å². The Labute approximate surface area is 505 Å². The first-order valence-electron chi connectivity index (χ1n) is 36.1. The Morgan fingerprint density at radius 2 is 0.481 bits per heavy atom. The minimum absolute atomic E-state index is 0.0655. The standard InChI is InChI=1S/C75H138O6/c1-4-7-10-13-16-18-20-22-24-26-28-30-32-33-34-35-36-37-38-39-40-41-43-44-46-48-50-52-54-56-59-62-65-68-74(77)80-71-72(70-79-73(76)67-64-61-58-15-12-9-6-3)81-75(78)69-66-63-60-57-55-53-51-49-47-45-42-31-29-27-25-23-21-19-17-14-11-8-5-2/h7,10,16,18,22,24,28,30,72H,4-6,8-9,11-15,17,19-21,23,25-27,29,31-71H2,1-3H3/b10-7-,18-16-,24-22-,30-28-. The Bertz CT molecular complexity index is 1400. The monoisotopic (exact) mass is 1140 g/mol. The van der Waals surface area contributed by atoms with Crippen LogP contribution in [0.2, 0.25) is 0 Å². The Balaban J connectivity index is 3.97. The minimum atomic E-state index is -0.766. The number of ether oxygens (including phenoxy) is 3. The van der Waals surface area contributed by atoms with Gasteiger partial charge < -0.3 is 14.2 Å². The molecule has 0 radical (unpaired) electrons. The van der Waals surface area contributed by atoms with Gasteiger partial charge in [-0.1, -0.05) is 365 Å². The number of unbranched alkanes of at least 4 members (excludes halogenated alkanes) is 48. The lowest BCUT2D eigenvalue weighted by Crippen LogP contribution is -2.30. The number of allylic oxidation sites excluding steroid dienone is 8. The summed E-state index contributed by atoms with van der Waals surface area (Å²) in [6.45, 7) is 6.56. The zero-order chi connectivity index (χ0) is 58.5. The van der Waals surface area contributed by atoms with E-state index in [1.54, 1.807) is 0 Å². The molecular weight excluding hydrogens is 997 g/mol. The zero-order valence-corrected chi connectivity index (χ0v) is 54.6. The summed E-state index contributed by atoms with van der Waals surface area (Å²) in [4.78, 5) is 38.2. The van der Waals surface area contributed by atoms with E-state index in [-0.39, 0.29) is 31.1 Å². The van der Waals surface area contributed by atoms with Gasteiger partial charge in [-0.3, -0.25) is 14.4 Å². The maximum Gasteiger partial charge on any atom is 0.306 e. The molecule has 0 saturated carbocycles. The van der Waals surface area contributed by atoms with Crippen LogP contribution in [0.3, 0.4) is 0 Å². The van der Waals surface area contributed by atoms with Crippen molar-refractivity contribution in [3.63, 3.8) is 0 Å². The van der Waals surface area contributed by atoms with Gasteiger partial charge >= 0.3 is 17.9 Å². The van der Waals surface area contributed by atoms with Crippen LogP contribution in [0.25, 0.3) is 0 Å². The van der Waals surface area contributed by atoms with Crippen molar-refractivity contribution in [2.45, 2.75) is 399 Å². The third-order valence-electron chi connectivity index (χ3n) is 16.3. The van der Waals surface area contributed by atoms with Gasteiger partial charge in [-0.15, -0.1) is 0 Å². The molecule has 0 fully saturated rings. The first-order chi connectivity index (χ1) is 40.0. The average Bonchev–Trinajstić information content (AvgIpc) is 3.47. The van der Waals surface area contributed by atoms with Gasteiger partial charge in [0.25, 0.3) is 0 Å². The van der Waals surface area contributed by atoms with Crippen molar-refractivity contribution in [1.29, 1.82) is 0 Å². The molecule has 0 spiro atoms. The van der Waals surface area contributed by atoms with Crippen LogP contribution in [0.4, 0.5) is 0 Å². The van der Waals surface area contributed by atoms with Gasteiger partial charge in [-0.2, -0.15) is 0 Å². The first kappa shape index (κ1) is 78.4. The molecule has 0 amide bonds. The third kappa shape index (κ3) is 68.0. The minimum Gasteiger partial charge on any atom is -0.462 e. The van der Waals surface area contributed by atoms with E-state index >= 15 is 0 Å². The zero-order valence-electron chi connectivity index (χ0n) is 54.6. The van der Waals surface area contributed by atoms with Crippen LogP contribution in [0.5, 0.6) is 0 Å². The van der Waals surface area contributed by atoms with Gasteiger partial charge in [0.15, 0.2) is 6.10 Å². The summed E-state index contributed by atoms with van der Waals surface area (Å²) in [5.74, 6) is -0.843. The van der Waals surface area contributed by atoms with Crippen LogP contribution >= 0.6 is 0 Å². The number of carbonyl (C=O) groups excluding carboxylic acids is 3. The van der Waals surface area contributed by atoms with Gasteiger partial charge in [0.1, 0.15) is 13.2 Å². The van der Waals surface area contributed by atoms with Crippen LogP contribution in [0.15, 0.2) is 48.6 Å². The van der Waals surface area contributed by atoms with Crippen LogP contribution in [-0.4, -0.2) is 37.2 Å². The lowest BCUT2D eigenvalue weighted by molar-refractivity contribution is -0.167. The summed E-state index contributed by atoms with van der Waals surface area (Å²) in [6, 6.07) is 0. The predicted octanol–water partition coefficient (Wildman–Crippen LogP) is 24.9. The lowest BCUT2D eigenvalue weighted by atomic mass is 10.0. The maximum atomic E-state index is 12.9. The highest BCUT2D eigenvalue weighted by molar-refractivity contribution is 5.71. The fraction of sp³-hybridized carbons (Fsp3) is 0.853. The highest BCUT2D eigenvalue weighted by Gasteiger charge is 2.19. The van der Waals surface area contributed by atoms with Gasteiger partial charge in [-0.05, 0) is 57.8 Å².